The molecule has 1 heterocycles. The predicted octanol–water partition coefficient (Wildman–Crippen LogP) is 2.46. The summed E-state index contributed by atoms with van der Waals surface area (Å²) >= 11 is 0. The fourth-order valence-electron chi connectivity index (χ4n) is 1.06. The predicted molar refractivity (Wildman–Crippen MR) is 46.4 cm³/mol. The van der Waals surface area contributed by atoms with Crippen LogP contribution in [0.2, 0.25) is 0 Å². The summed E-state index contributed by atoms with van der Waals surface area (Å²) < 4.78 is 40.9. The van der Waals surface area contributed by atoms with Crippen molar-refractivity contribution in [2.24, 2.45) is 0 Å². The minimum absolute atomic E-state index is 0.000639. The summed E-state index contributed by atoms with van der Waals surface area (Å²) in [7, 11) is 0. The number of rotatable bonds is 1. The second-order valence-electron chi connectivity index (χ2n) is 2.97. The molecule has 0 bridgehead atoms. The summed E-state index contributed by atoms with van der Waals surface area (Å²) in [6.07, 6.45) is -4.63. The van der Waals surface area contributed by atoms with Crippen LogP contribution in [0.15, 0.2) is 28.8 Å². The molecule has 2 rings (SSSR count). The number of nitrogens with zero attached hydrogens (tertiary/aromatic N) is 2. The number of benzene rings is 1. The van der Waals surface area contributed by atoms with E-state index < -0.39 is 12.0 Å². The van der Waals surface area contributed by atoms with E-state index in [1.54, 1.807) is 0 Å². The van der Waals surface area contributed by atoms with E-state index in [0.717, 1.165) is 0 Å². The Morgan fingerprint density at radius 1 is 1.12 bits per heavy atom. The molecule has 1 N–H and O–H groups in total. The number of hydrogen-bond donors (Lipinski definition) is 1. The highest BCUT2D eigenvalue weighted by molar-refractivity contribution is 5.53. The van der Waals surface area contributed by atoms with Crippen molar-refractivity contribution in [3.05, 3.63) is 30.1 Å². The molecule has 0 aliphatic carbocycles. The van der Waals surface area contributed by atoms with E-state index in [1.807, 2.05) is 0 Å². The Morgan fingerprint density at radius 3 is 2.25 bits per heavy atom. The fourth-order valence-corrected chi connectivity index (χ4v) is 1.06. The minimum atomic E-state index is -4.63. The van der Waals surface area contributed by atoms with Crippen LogP contribution in [-0.2, 0) is 6.18 Å². The minimum Gasteiger partial charge on any atom is -0.508 e. The zero-order chi connectivity index (χ0) is 11.8. The fraction of sp³-hybridized carbons (Fsp3) is 0.111. The van der Waals surface area contributed by atoms with Gasteiger partial charge in [-0.1, -0.05) is 5.16 Å². The molecule has 0 spiro atoms. The molecule has 7 heteroatoms. The first-order valence-corrected chi connectivity index (χ1v) is 4.17. The topological polar surface area (TPSA) is 59.2 Å². The van der Waals surface area contributed by atoms with Crippen molar-refractivity contribution in [1.82, 2.24) is 10.1 Å². The lowest BCUT2D eigenvalue weighted by atomic mass is 10.2. The monoisotopic (exact) mass is 230 g/mol. The van der Waals surface area contributed by atoms with Crippen molar-refractivity contribution >= 4 is 0 Å². The Labute approximate surface area is 87.3 Å². The van der Waals surface area contributed by atoms with Gasteiger partial charge in [-0.05, 0) is 24.3 Å². The summed E-state index contributed by atoms with van der Waals surface area (Å²) in [6, 6.07) is 5.38. The third-order valence-corrected chi connectivity index (χ3v) is 1.79. The van der Waals surface area contributed by atoms with E-state index >= 15 is 0 Å². The van der Waals surface area contributed by atoms with E-state index in [1.165, 1.54) is 24.3 Å². The van der Waals surface area contributed by atoms with Gasteiger partial charge in [-0.25, -0.2) is 0 Å². The average molecular weight is 230 g/mol. The molecule has 0 saturated carbocycles. The first-order valence-electron chi connectivity index (χ1n) is 4.17. The van der Waals surface area contributed by atoms with Crippen LogP contribution in [0.25, 0.3) is 11.5 Å². The van der Waals surface area contributed by atoms with Crippen LogP contribution in [0.3, 0.4) is 0 Å². The van der Waals surface area contributed by atoms with Crippen LogP contribution >= 0.6 is 0 Å². The van der Waals surface area contributed by atoms with Gasteiger partial charge in [-0.3, -0.25) is 0 Å². The van der Waals surface area contributed by atoms with Gasteiger partial charge >= 0.3 is 6.18 Å². The van der Waals surface area contributed by atoms with E-state index in [4.69, 9.17) is 5.11 Å². The first kappa shape index (κ1) is 10.5. The second-order valence-corrected chi connectivity index (χ2v) is 2.97. The van der Waals surface area contributed by atoms with Crippen LogP contribution < -0.4 is 0 Å². The highest BCUT2D eigenvalue weighted by Gasteiger charge is 2.37. The van der Waals surface area contributed by atoms with Crippen LogP contribution in [0.5, 0.6) is 5.75 Å². The number of halogens is 3. The number of phenolic OH excluding ortho intramolecular Hbond substituents is 1. The van der Waals surface area contributed by atoms with Crippen molar-refractivity contribution in [1.29, 1.82) is 0 Å². The molecule has 0 aliphatic rings. The summed E-state index contributed by atoms with van der Waals surface area (Å²) in [5.74, 6) is -1.57. The van der Waals surface area contributed by atoms with Crippen LogP contribution in [0, 0.1) is 0 Å². The first-order chi connectivity index (χ1) is 7.47. The van der Waals surface area contributed by atoms with Gasteiger partial charge in [0.2, 0.25) is 0 Å². The van der Waals surface area contributed by atoms with Gasteiger partial charge < -0.3 is 9.63 Å². The van der Waals surface area contributed by atoms with Gasteiger partial charge in [0.05, 0.1) is 0 Å². The largest absolute Gasteiger partial charge is 0.508 e. The molecule has 0 atom stereocenters. The standard InChI is InChI=1S/C9H5F3N2O2/c10-9(11,12)8-13-7(16-14-8)5-1-3-6(15)4-2-5/h1-4,15H. The van der Waals surface area contributed by atoms with Crippen LogP contribution in [0.4, 0.5) is 13.2 Å². The number of hydrogen-bond acceptors (Lipinski definition) is 4. The third kappa shape index (κ3) is 1.97. The molecule has 1 aromatic carbocycles. The molecular weight excluding hydrogens is 225 g/mol. The maximum absolute atomic E-state index is 12.2. The lowest BCUT2D eigenvalue weighted by molar-refractivity contribution is -0.146. The number of aromatic hydroxyl groups is 1. The van der Waals surface area contributed by atoms with Gasteiger partial charge in [0.1, 0.15) is 5.75 Å². The molecule has 84 valence electrons. The van der Waals surface area contributed by atoms with Crippen LogP contribution in [-0.4, -0.2) is 15.2 Å². The van der Waals surface area contributed by atoms with E-state index in [9.17, 15) is 13.2 Å². The summed E-state index contributed by atoms with van der Waals surface area (Å²) in [5, 5.41) is 11.8. The summed E-state index contributed by atoms with van der Waals surface area (Å²) in [5.41, 5.74) is 0.306. The van der Waals surface area contributed by atoms with Crippen molar-refractivity contribution in [2.75, 3.05) is 0 Å². The smallest absolute Gasteiger partial charge is 0.455 e. The Bertz CT molecular complexity index is 490. The highest BCUT2D eigenvalue weighted by atomic mass is 19.4. The Morgan fingerprint density at radius 2 is 1.75 bits per heavy atom. The third-order valence-electron chi connectivity index (χ3n) is 1.79. The summed E-state index contributed by atoms with van der Waals surface area (Å²) in [6.45, 7) is 0. The lowest BCUT2D eigenvalue weighted by Gasteiger charge is -1.96. The van der Waals surface area contributed by atoms with E-state index in [2.05, 4.69) is 14.7 Å². The molecule has 0 amide bonds. The van der Waals surface area contributed by atoms with Crippen LogP contribution in [0.1, 0.15) is 5.82 Å². The van der Waals surface area contributed by atoms with Crippen molar-refractivity contribution in [2.45, 2.75) is 6.18 Å². The molecule has 0 aliphatic heterocycles. The zero-order valence-electron chi connectivity index (χ0n) is 7.69. The summed E-state index contributed by atoms with van der Waals surface area (Å²) in [4.78, 5) is 3.20. The number of alkyl halides is 3. The highest BCUT2D eigenvalue weighted by Crippen LogP contribution is 2.29. The van der Waals surface area contributed by atoms with Gasteiger partial charge in [-0.2, -0.15) is 18.2 Å². The lowest BCUT2D eigenvalue weighted by Crippen LogP contribution is -2.07. The van der Waals surface area contributed by atoms with Gasteiger partial charge in [0.15, 0.2) is 0 Å². The Balaban J connectivity index is 2.35. The normalized spacial score (nSPS) is 11.7. The van der Waals surface area contributed by atoms with E-state index in [-0.39, 0.29) is 11.6 Å². The molecule has 0 fully saturated rings. The molecule has 2 aromatic rings. The van der Waals surface area contributed by atoms with Gasteiger partial charge in [0, 0.05) is 5.56 Å². The Hall–Kier alpha value is -2.05. The van der Waals surface area contributed by atoms with E-state index in [0.29, 0.717) is 5.56 Å². The number of aromatic nitrogens is 2. The molecule has 4 nitrogen and oxygen atoms in total. The number of phenols is 1. The molecule has 0 unspecified atom stereocenters. The van der Waals surface area contributed by atoms with Gasteiger partial charge in [0.25, 0.3) is 11.7 Å². The molecule has 0 saturated heterocycles. The quantitative estimate of drug-likeness (QED) is 0.817. The maximum Gasteiger partial charge on any atom is 0.455 e. The van der Waals surface area contributed by atoms with Crippen molar-refractivity contribution in [3.8, 4) is 17.2 Å². The molecule has 16 heavy (non-hydrogen) atoms. The second kappa shape index (κ2) is 3.51. The SMILES string of the molecule is Oc1ccc(-c2nc(C(F)(F)F)no2)cc1. The Kier molecular flexibility index (Phi) is 2.30. The van der Waals surface area contributed by atoms with Crippen molar-refractivity contribution < 1.29 is 22.8 Å². The molecule has 0 radical (unpaired) electrons. The zero-order valence-corrected chi connectivity index (χ0v) is 7.69. The van der Waals surface area contributed by atoms with Crippen molar-refractivity contribution in [3.63, 3.8) is 0 Å². The van der Waals surface area contributed by atoms with Gasteiger partial charge in [-0.15, -0.1) is 0 Å². The average Bonchev–Trinajstić information content (AvgIpc) is 2.67. The maximum atomic E-state index is 12.2. The molecular formula is C9H5F3N2O2. The molecule has 1 aromatic heterocycles.